The Kier molecular flexibility index (Phi) is 5.78. The van der Waals surface area contributed by atoms with Crippen LogP contribution in [0.3, 0.4) is 0 Å². The lowest BCUT2D eigenvalue weighted by Crippen LogP contribution is -2.70. The summed E-state index contributed by atoms with van der Waals surface area (Å²) in [5.41, 5.74) is 0. The van der Waals surface area contributed by atoms with Crippen molar-refractivity contribution in [3.05, 3.63) is 0 Å². The van der Waals surface area contributed by atoms with E-state index in [0.29, 0.717) is 0 Å². The van der Waals surface area contributed by atoms with Crippen molar-refractivity contribution in [3.63, 3.8) is 0 Å². The van der Waals surface area contributed by atoms with Gasteiger partial charge in [0.05, 0.1) is 5.75 Å². The molecule has 0 amide bonds. The molecule has 152 valence electrons. The smallest absolute Gasteiger partial charge is 0.301 e. The zero-order valence-corrected chi connectivity index (χ0v) is 11.9. The van der Waals surface area contributed by atoms with Crippen LogP contribution in [0.5, 0.6) is 0 Å². The van der Waals surface area contributed by atoms with E-state index in [0.717, 1.165) is 0 Å². The van der Waals surface area contributed by atoms with Gasteiger partial charge in [-0.2, -0.15) is 57.1 Å². The maximum atomic E-state index is 13.1. The molecule has 0 saturated heterocycles. The van der Waals surface area contributed by atoms with Gasteiger partial charge >= 0.3 is 35.8 Å². The van der Waals surface area contributed by atoms with Crippen LogP contribution in [0.1, 0.15) is 6.42 Å². The maximum absolute atomic E-state index is 13.1. The predicted molar refractivity (Wildman–Crippen MR) is 53.8 cm³/mol. The standard InChI is InChI=1S/C8H6F13NO2S/c9-3(10,1-2-25(22,23)24)4(11,12)5(13,14)6(15,16)7(17,18)8(19,20)21/h1-2H2,(H2,22,23,24). The van der Waals surface area contributed by atoms with Gasteiger partial charge in [0.15, 0.2) is 10.0 Å². The van der Waals surface area contributed by atoms with Crippen molar-refractivity contribution >= 4 is 10.0 Å². The molecular formula is C8H6F13NO2S. The van der Waals surface area contributed by atoms with Crippen molar-refractivity contribution in [1.29, 1.82) is 4.78 Å². The third-order valence-corrected chi connectivity index (χ3v) is 3.45. The fraction of sp³-hybridized carbons (Fsp3) is 1.00. The molecule has 0 spiro atoms. The maximum Gasteiger partial charge on any atom is 0.460 e. The molecule has 1 unspecified atom stereocenters. The third kappa shape index (κ3) is 3.90. The van der Waals surface area contributed by atoms with Crippen molar-refractivity contribution in [2.45, 2.75) is 42.2 Å². The monoisotopic (exact) mass is 427 g/mol. The fourth-order valence-corrected chi connectivity index (χ4v) is 1.76. The van der Waals surface area contributed by atoms with Gasteiger partial charge in [-0.25, -0.2) is 8.99 Å². The van der Waals surface area contributed by atoms with E-state index in [4.69, 9.17) is 9.33 Å². The molecule has 2 N–H and O–H groups in total. The molecule has 0 rings (SSSR count). The molecule has 0 aliphatic rings. The summed E-state index contributed by atoms with van der Waals surface area (Å²) in [6, 6.07) is 0. The van der Waals surface area contributed by atoms with Crippen molar-refractivity contribution < 1.29 is 65.8 Å². The Morgan fingerprint density at radius 1 is 0.680 bits per heavy atom. The molecule has 0 bridgehead atoms. The molecule has 0 heterocycles. The molecule has 0 saturated carbocycles. The molecule has 0 fully saturated rings. The number of rotatable bonds is 7. The summed E-state index contributed by atoms with van der Waals surface area (Å²) in [7, 11) is -5.02. The minimum atomic E-state index is -8.01. The lowest BCUT2D eigenvalue weighted by molar-refractivity contribution is -0.439. The Bertz CT molecular complexity index is 594. The fourth-order valence-electron chi connectivity index (χ4n) is 1.23. The van der Waals surface area contributed by atoms with Gasteiger partial charge in [-0.15, -0.1) is 0 Å². The lowest BCUT2D eigenvalue weighted by atomic mass is 9.93. The topological polar surface area (TPSA) is 61.2 Å². The van der Waals surface area contributed by atoms with E-state index in [1.807, 2.05) is 0 Å². The Hall–Kier alpha value is -1.00. The van der Waals surface area contributed by atoms with Crippen LogP contribution in [0.4, 0.5) is 57.1 Å². The zero-order valence-electron chi connectivity index (χ0n) is 11.1. The van der Waals surface area contributed by atoms with E-state index < -0.39 is 58.0 Å². The minimum absolute atomic E-state index is 2.19. The van der Waals surface area contributed by atoms with Crippen LogP contribution in [0.25, 0.3) is 0 Å². The first kappa shape index (κ1) is 24.0. The van der Waals surface area contributed by atoms with E-state index in [9.17, 15) is 61.3 Å². The van der Waals surface area contributed by atoms with E-state index in [2.05, 4.69) is 0 Å². The van der Waals surface area contributed by atoms with Crippen LogP contribution in [0.15, 0.2) is 0 Å². The Labute approximate surface area is 130 Å². The molecule has 0 aliphatic carbocycles. The number of alkyl halides is 13. The van der Waals surface area contributed by atoms with Crippen molar-refractivity contribution in [2.75, 3.05) is 5.75 Å². The average molecular weight is 427 g/mol. The minimum Gasteiger partial charge on any atom is -0.301 e. The second-order valence-corrected chi connectivity index (χ2v) is 6.28. The summed E-state index contributed by atoms with van der Waals surface area (Å²) in [4.78, 5) is 0. The highest BCUT2D eigenvalue weighted by Crippen LogP contribution is 2.60. The normalized spacial score (nSPS) is 18.2. The average Bonchev–Trinajstić information content (AvgIpc) is 2.33. The molecule has 0 aromatic carbocycles. The van der Waals surface area contributed by atoms with Crippen molar-refractivity contribution in [1.82, 2.24) is 0 Å². The van der Waals surface area contributed by atoms with E-state index in [1.165, 1.54) is 0 Å². The summed E-state index contributed by atoms with van der Waals surface area (Å²) in [6.07, 6.45) is -10.4. The first-order valence-corrected chi connectivity index (χ1v) is 7.09. The van der Waals surface area contributed by atoms with Crippen molar-refractivity contribution in [2.24, 2.45) is 0 Å². The second-order valence-electron chi connectivity index (χ2n) is 4.59. The van der Waals surface area contributed by atoms with E-state index in [1.54, 1.807) is 0 Å². The van der Waals surface area contributed by atoms with Gasteiger partial charge in [0.25, 0.3) is 0 Å². The number of nitrogens with one attached hydrogen (secondary N) is 1. The van der Waals surface area contributed by atoms with Gasteiger partial charge in [-0.3, -0.25) is 0 Å². The van der Waals surface area contributed by atoms with Gasteiger partial charge in [0, 0.05) is 6.42 Å². The highest BCUT2D eigenvalue weighted by Gasteiger charge is 2.90. The van der Waals surface area contributed by atoms with E-state index >= 15 is 0 Å². The van der Waals surface area contributed by atoms with Crippen LogP contribution in [0, 0.1) is 4.78 Å². The van der Waals surface area contributed by atoms with Gasteiger partial charge in [0.1, 0.15) is 0 Å². The molecule has 25 heavy (non-hydrogen) atoms. The Morgan fingerprint density at radius 3 is 1.28 bits per heavy atom. The molecule has 0 aliphatic heterocycles. The summed E-state index contributed by atoms with van der Waals surface area (Å²) >= 11 is 0. The highest BCUT2D eigenvalue weighted by molar-refractivity contribution is 7.86. The Morgan fingerprint density at radius 2 is 1.00 bits per heavy atom. The molecular weight excluding hydrogens is 421 g/mol. The first-order chi connectivity index (χ1) is 10.5. The van der Waals surface area contributed by atoms with E-state index in [-0.39, 0.29) is 0 Å². The van der Waals surface area contributed by atoms with Gasteiger partial charge in [-0.1, -0.05) is 0 Å². The SMILES string of the molecule is N=S(=O)(O)CCC(F)(F)C(F)(F)C(F)(F)C(F)(F)C(F)(F)C(F)(F)F. The van der Waals surface area contributed by atoms with Gasteiger partial charge < -0.3 is 4.55 Å². The van der Waals surface area contributed by atoms with Gasteiger partial charge in [0.2, 0.25) is 0 Å². The second kappa shape index (κ2) is 6.02. The van der Waals surface area contributed by atoms with Crippen LogP contribution >= 0.6 is 0 Å². The zero-order chi connectivity index (χ0) is 20.9. The summed E-state index contributed by atoms with van der Waals surface area (Å²) in [5.74, 6) is -39.9. The van der Waals surface area contributed by atoms with Crippen molar-refractivity contribution in [3.8, 4) is 0 Å². The summed E-state index contributed by atoms with van der Waals surface area (Å²) < 4.78 is 189. The van der Waals surface area contributed by atoms with Crippen LogP contribution in [0.2, 0.25) is 0 Å². The molecule has 3 nitrogen and oxygen atoms in total. The molecule has 0 aromatic heterocycles. The first-order valence-electron chi connectivity index (χ1n) is 5.40. The van der Waals surface area contributed by atoms with Crippen LogP contribution in [-0.2, 0) is 10.0 Å². The Balaban J connectivity index is 6.11. The summed E-state index contributed by atoms with van der Waals surface area (Å²) in [5, 5.41) is 0. The number of halogens is 13. The molecule has 1 atom stereocenters. The van der Waals surface area contributed by atoms with Crippen LogP contribution in [-0.4, -0.2) is 50.3 Å². The summed E-state index contributed by atoms with van der Waals surface area (Å²) in [6.45, 7) is 0. The molecule has 0 radical (unpaired) electrons. The quantitative estimate of drug-likeness (QED) is 0.582. The third-order valence-electron chi connectivity index (χ3n) is 2.69. The highest BCUT2D eigenvalue weighted by atomic mass is 32.2. The lowest BCUT2D eigenvalue weighted by Gasteiger charge is -2.39. The number of hydrogen-bond acceptors (Lipinski definition) is 2. The largest absolute Gasteiger partial charge is 0.460 e. The molecule has 17 heteroatoms. The predicted octanol–water partition coefficient (Wildman–Crippen LogP) is 4.64. The molecule has 0 aromatic rings. The van der Waals surface area contributed by atoms with Gasteiger partial charge in [-0.05, 0) is 0 Å². The number of hydrogen-bond donors (Lipinski definition) is 2. The van der Waals surface area contributed by atoms with Crippen LogP contribution < -0.4 is 0 Å².